The molecule has 3 rings (SSSR count). The molecule has 2 heterocycles. The van der Waals surface area contributed by atoms with Crippen LogP contribution in [0.2, 0.25) is 0 Å². The van der Waals surface area contributed by atoms with Crippen LogP contribution >= 0.6 is 0 Å². The summed E-state index contributed by atoms with van der Waals surface area (Å²) in [6.45, 7) is 3.57. The molecule has 0 aliphatic carbocycles. The Labute approximate surface area is 134 Å². The van der Waals surface area contributed by atoms with Crippen molar-refractivity contribution in [1.82, 2.24) is 4.90 Å². The van der Waals surface area contributed by atoms with E-state index in [4.69, 9.17) is 9.15 Å². The Balaban J connectivity index is 1.69. The fourth-order valence-corrected chi connectivity index (χ4v) is 2.51. The average molecular weight is 318 g/mol. The summed E-state index contributed by atoms with van der Waals surface area (Å²) in [7, 11) is 0. The van der Waals surface area contributed by atoms with Crippen LogP contribution in [-0.4, -0.2) is 36.7 Å². The highest BCUT2D eigenvalue weighted by molar-refractivity contribution is 5.89. The molecule has 0 radical (unpaired) electrons. The van der Waals surface area contributed by atoms with Crippen molar-refractivity contribution < 1.29 is 18.3 Å². The fraction of sp³-hybridized carbons (Fsp3) is 0.353. The van der Waals surface area contributed by atoms with E-state index in [1.54, 1.807) is 29.2 Å². The molecule has 1 aromatic heterocycles. The van der Waals surface area contributed by atoms with Gasteiger partial charge in [-0.1, -0.05) is 0 Å². The van der Waals surface area contributed by atoms with E-state index in [0.717, 1.165) is 6.42 Å². The predicted molar refractivity (Wildman–Crippen MR) is 84.7 cm³/mol. The second kappa shape index (κ2) is 6.83. The van der Waals surface area contributed by atoms with E-state index in [1.807, 2.05) is 6.92 Å². The van der Waals surface area contributed by atoms with E-state index in [1.165, 1.54) is 12.3 Å². The van der Waals surface area contributed by atoms with Crippen molar-refractivity contribution in [2.75, 3.05) is 25.0 Å². The smallest absolute Gasteiger partial charge is 0.322 e. The van der Waals surface area contributed by atoms with Crippen LogP contribution in [0.15, 0.2) is 41.0 Å². The zero-order chi connectivity index (χ0) is 16.2. The van der Waals surface area contributed by atoms with Crippen molar-refractivity contribution in [3.05, 3.63) is 42.4 Å². The van der Waals surface area contributed by atoms with Gasteiger partial charge in [-0.25, -0.2) is 9.18 Å². The number of halogens is 1. The minimum Gasteiger partial charge on any atom is -0.464 e. The Bertz CT molecular complexity index is 672. The number of hydrogen-bond donors (Lipinski definition) is 1. The number of carbonyl (C=O) groups is 1. The molecule has 2 aromatic rings. The van der Waals surface area contributed by atoms with Crippen LogP contribution in [0.3, 0.4) is 0 Å². The van der Waals surface area contributed by atoms with Crippen LogP contribution in [0.25, 0.3) is 11.3 Å². The Kier molecular flexibility index (Phi) is 4.62. The van der Waals surface area contributed by atoms with Gasteiger partial charge in [-0.3, -0.25) is 0 Å². The number of benzene rings is 1. The number of amides is 2. The van der Waals surface area contributed by atoms with E-state index in [-0.39, 0.29) is 17.8 Å². The molecular formula is C17H19FN2O3. The number of rotatable bonds is 2. The Morgan fingerprint density at radius 3 is 2.96 bits per heavy atom. The van der Waals surface area contributed by atoms with Gasteiger partial charge in [0.15, 0.2) is 0 Å². The summed E-state index contributed by atoms with van der Waals surface area (Å²) in [5.41, 5.74) is 0.783. The summed E-state index contributed by atoms with van der Waals surface area (Å²) >= 11 is 0. The van der Waals surface area contributed by atoms with Gasteiger partial charge in [-0.2, -0.15) is 0 Å². The standard InChI is InChI=1S/C17H19FN2O3/c1-12-6-7-20(8-10-22-12)17(21)19-15-5-4-13(11-14(15)18)16-3-2-9-23-16/h2-5,9,11-12H,6-8,10H2,1H3,(H,19,21). The summed E-state index contributed by atoms with van der Waals surface area (Å²) < 4.78 is 25.0. The van der Waals surface area contributed by atoms with E-state index in [2.05, 4.69) is 5.32 Å². The number of nitrogens with zero attached hydrogens (tertiary/aromatic N) is 1. The number of anilines is 1. The van der Waals surface area contributed by atoms with Crippen molar-refractivity contribution in [2.45, 2.75) is 19.4 Å². The third-order valence-electron chi connectivity index (χ3n) is 3.87. The van der Waals surface area contributed by atoms with Gasteiger partial charge in [-0.15, -0.1) is 0 Å². The zero-order valence-electron chi connectivity index (χ0n) is 12.9. The molecule has 1 N–H and O–H groups in total. The minimum absolute atomic E-state index is 0.136. The molecule has 2 amide bonds. The van der Waals surface area contributed by atoms with Crippen molar-refractivity contribution >= 4 is 11.7 Å². The molecule has 23 heavy (non-hydrogen) atoms. The van der Waals surface area contributed by atoms with Crippen LogP contribution in [0.1, 0.15) is 13.3 Å². The van der Waals surface area contributed by atoms with Crippen molar-refractivity contribution in [3.8, 4) is 11.3 Å². The number of furan rings is 1. The maximum atomic E-state index is 14.2. The topological polar surface area (TPSA) is 54.7 Å². The molecule has 1 aliphatic rings. The zero-order valence-corrected chi connectivity index (χ0v) is 12.9. The largest absolute Gasteiger partial charge is 0.464 e. The van der Waals surface area contributed by atoms with Crippen LogP contribution in [0, 0.1) is 5.82 Å². The number of urea groups is 1. The third kappa shape index (κ3) is 3.71. The van der Waals surface area contributed by atoms with E-state index in [9.17, 15) is 9.18 Å². The van der Waals surface area contributed by atoms with Gasteiger partial charge >= 0.3 is 6.03 Å². The highest BCUT2D eigenvalue weighted by Crippen LogP contribution is 2.25. The molecule has 1 saturated heterocycles. The van der Waals surface area contributed by atoms with E-state index in [0.29, 0.717) is 31.0 Å². The SMILES string of the molecule is CC1CCN(C(=O)Nc2ccc(-c3ccco3)cc2F)CCO1. The van der Waals surface area contributed by atoms with Gasteiger partial charge < -0.3 is 19.4 Å². The second-order valence-electron chi connectivity index (χ2n) is 5.56. The Morgan fingerprint density at radius 2 is 2.22 bits per heavy atom. The third-order valence-corrected chi connectivity index (χ3v) is 3.87. The van der Waals surface area contributed by atoms with Gasteiger partial charge in [-0.05, 0) is 43.7 Å². The van der Waals surface area contributed by atoms with Gasteiger partial charge in [0, 0.05) is 18.7 Å². The van der Waals surface area contributed by atoms with Crippen molar-refractivity contribution in [1.29, 1.82) is 0 Å². The lowest BCUT2D eigenvalue weighted by Gasteiger charge is -2.20. The highest BCUT2D eigenvalue weighted by atomic mass is 19.1. The lowest BCUT2D eigenvalue weighted by Crippen LogP contribution is -2.37. The molecule has 5 nitrogen and oxygen atoms in total. The number of nitrogens with one attached hydrogen (secondary N) is 1. The average Bonchev–Trinajstić information content (AvgIpc) is 2.98. The van der Waals surface area contributed by atoms with Crippen molar-refractivity contribution in [2.24, 2.45) is 0 Å². The summed E-state index contributed by atoms with van der Waals surface area (Å²) in [6, 6.07) is 7.79. The normalized spacial score (nSPS) is 18.5. The lowest BCUT2D eigenvalue weighted by atomic mass is 10.1. The molecule has 1 aliphatic heterocycles. The number of carbonyl (C=O) groups excluding carboxylic acids is 1. The minimum atomic E-state index is -0.494. The van der Waals surface area contributed by atoms with Gasteiger partial charge in [0.1, 0.15) is 11.6 Å². The molecule has 1 atom stereocenters. The van der Waals surface area contributed by atoms with Crippen LogP contribution < -0.4 is 5.32 Å². The molecule has 122 valence electrons. The lowest BCUT2D eigenvalue weighted by molar-refractivity contribution is 0.0761. The van der Waals surface area contributed by atoms with E-state index >= 15 is 0 Å². The van der Waals surface area contributed by atoms with E-state index < -0.39 is 5.82 Å². The molecule has 6 heteroatoms. The summed E-state index contributed by atoms with van der Waals surface area (Å²) in [4.78, 5) is 13.9. The fourth-order valence-electron chi connectivity index (χ4n) is 2.51. The Hall–Kier alpha value is -2.34. The molecule has 1 fully saturated rings. The maximum Gasteiger partial charge on any atom is 0.322 e. The summed E-state index contributed by atoms with van der Waals surface area (Å²) in [5.74, 6) is 0.0899. The first-order chi connectivity index (χ1) is 11.1. The van der Waals surface area contributed by atoms with Crippen LogP contribution in [0.4, 0.5) is 14.9 Å². The van der Waals surface area contributed by atoms with Gasteiger partial charge in [0.25, 0.3) is 0 Å². The first-order valence-electron chi connectivity index (χ1n) is 7.64. The maximum absolute atomic E-state index is 14.2. The summed E-state index contributed by atoms with van der Waals surface area (Å²) in [5, 5.41) is 2.62. The molecule has 0 bridgehead atoms. The van der Waals surface area contributed by atoms with Gasteiger partial charge in [0.2, 0.25) is 0 Å². The van der Waals surface area contributed by atoms with Crippen LogP contribution in [0.5, 0.6) is 0 Å². The van der Waals surface area contributed by atoms with Crippen molar-refractivity contribution in [3.63, 3.8) is 0 Å². The number of ether oxygens (including phenoxy) is 1. The quantitative estimate of drug-likeness (QED) is 0.918. The highest BCUT2D eigenvalue weighted by Gasteiger charge is 2.19. The molecule has 1 aromatic carbocycles. The predicted octanol–water partition coefficient (Wildman–Crippen LogP) is 3.73. The molecule has 0 spiro atoms. The second-order valence-corrected chi connectivity index (χ2v) is 5.56. The summed E-state index contributed by atoms with van der Waals surface area (Å²) in [6.07, 6.45) is 2.44. The van der Waals surface area contributed by atoms with Gasteiger partial charge in [0.05, 0.1) is 24.7 Å². The Morgan fingerprint density at radius 1 is 1.35 bits per heavy atom. The monoisotopic (exact) mass is 318 g/mol. The first kappa shape index (κ1) is 15.6. The molecule has 0 saturated carbocycles. The number of hydrogen-bond acceptors (Lipinski definition) is 3. The first-order valence-corrected chi connectivity index (χ1v) is 7.64. The molecule has 1 unspecified atom stereocenters. The van der Waals surface area contributed by atoms with Crippen LogP contribution in [-0.2, 0) is 4.74 Å². The molecular weight excluding hydrogens is 299 g/mol.